The Hall–Kier alpha value is 0.250. The summed E-state index contributed by atoms with van der Waals surface area (Å²) < 4.78 is 14.1. The fourth-order valence-corrected chi connectivity index (χ4v) is 14.1. The molecule has 3 rings (SSSR count). The zero-order valence-electron chi connectivity index (χ0n) is 12.4. The van der Waals surface area contributed by atoms with Crippen LogP contribution in [-0.2, 0) is 12.6 Å². The maximum atomic E-state index is 11.5. The third-order valence-corrected chi connectivity index (χ3v) is 13.4. The zero-order valence-corrected chi connectivity index (χ0v) is 15.4. The Morgan fingerprint density at radius 1 is 1.55 bits per heavy atom. The van der Waals surface area contributed by atoms with E-state index in [1.165, 1.54) is 18.9 Å². The second kappa shape index (κ2) is 4.88. The molecule has 3 fully saturated rings. The molecule has 20 heavy (non-hydrogen) atoms. The summed E-state index contributed by atoms with van der Waals surface area (Å²) in [5, 5.41) is 0. The molecule has 2 aliphatic carbocycles. The first-order valence-corrected chi connectivity index (χ1v) is 14.3. The van der Waals surface area contributed by atoms with E-state index in [4.69, 9.17) is 16.8 Å². The molecule has 2 bridgehead atoms. The van der Waals surface area contributed by atoms with Crippen LogP contribution in [0.4, 0.5) is 0 Å². The Morgan fingerprint density at radius 2 is 2.30 bits per heavy atom. The molecule has 0 aromatic heterocycles. The number of hydrogen-bond acceptors (Lipinski definition) is 3. The molecule has 5 heteroatoms. The maximum absolute atomic E-state index is 11.5. The van der Waals surface area contributed by atoms with Crippen LogP contribution in [0.3, 0.4) is 0 Å². The van der Waals surface area contributed by atoms with Gasteiger partial charge in [-0.25, -0.2) is 0 Å². The number of ether oxygens (including phenoxy) is 1. The van der Waals surface area contributed by atoms with Crippen LogP contribution in [0.25, 0.3) is 0 Å². The zero-order chi connectivity index (χ0) is 14.6. The van der Waals surface area contributed by atoms with Gasteiger partial charge in [0.15, 0.2) is 0 Å². The van der Waals surface area contributed by atoms with E-state index in [-0.39, 0.29) is 11.4 Å². The van der Waals surface area contributed by atoms with Gasteiger partial charge in [-0.15, -0.1) is 0 Å². The van der Waals surface area contributed by atoms with Crippen molar-refractivity contribution in [1.82, 2.24) is 0 Å². The van der Waals surface area contributed by atoms with E-state index in [0.717, 1.165) is 16.8 Å². The van der Waals surface area contributed by atoms with Crippen molar-refractivity contribution >= 4 is 32.4 Å². The number of hydrogen-bond donors (Lipinski definition) is 0. The fraction of sp³-hybridized carbons (Fsp3) is 0.800. The van der Waals surface area contributed by atoms with Crippen molar-refractivity contribution in [2.24, 2.45) is 16.7 Å². The summed E-state index contributed by atoms with van der Waals surface area (Å²) in [5.41, 5.74) is 0.595. The summed E-state index contributed by atoms with van der Waals surface area (Å²) in [6.07, 6.45) is 5.52. The molecule has 1 aliphatic heterocycles. The summed E-state index contributed by atoms with van der Waals surface area (Å²) in [6.45, 7) is 6.97. The Labute approximate surface area is 129 Å². The molecule has 4 atom stereocenters. The van der Waals surface area contributed by atoms with Crippen LogP contribution >= 0.6 is 8.96 Å². The monoisotopic (exact) mass is 416 g/mol. The summed E-state index contributed by atoms with van der Waals surface area (Å²) in [4.78, 5) is 11.5. The van der Waals surface area contributed by atoms with Gasteiger partial charge in [-0.05, 0) is 0 Å². The first-order chi connectivity index (χ1) is 9.33. The van der Waals surface area contributed by atoms with E-state index < -0.39 is 17.5 Å². The van der Waals surface area contributed by atoms with Gasteiger partial charge in [0.2, 0.25) is 0 Å². The number of esters is 1. The molecule has 4 unspecified atom stereocenters. The van der Waals surface area contributed by atoms with Gasteiger partial charge in [-0.3, -0.25) is 0 Å². The summed E-state index contributed by atoms with van der Waals surface area (Å²) in [5.74, 6) is 0.478. The summed E-state index contributed by atoms with van der Waals surface area (Å²) in [7, 11) is 6.80. The molecule has 3 aliphatic rings. The van der Waals surface area contributed by atoms with Crippen LogP contribution in [0.1, 0.15) is 40.0 Å². The Morgan fingerprint density at radius 3 is 2.90 bits per heavy atom. The van der Waals surface area contributed by atoms with Crippen molar-refractivity contribution < 1.29 is 12.6 Å². The Balaban J connectivity index is 1.78. The van der Waals surface area contributed by atoms with Gasteiger partial charge in [0.05, 0.1) is 0 Å². The van der Waals surface area contributed by atoms with Crippen LogP contribution in [0.2, 0.25) is 4.47 Å². The first kappa shape index (κ1) is 15.2. The normalized spacial score (nSPS) is 48.2. The molecule has 0 aromatic rings. The van der Waals surface area contributed by atoms with Crippen molar-refractivity contribution in [3.63, 3.8) is 0 Å². The van der Waals surface area contributed by atoms with Crippen molar-refractivity contribution in [2.45, 2.75) is 50.6 Å². The average molecular weight is 414 g/mol. The van der Waals surface area contributed by atoms with Crippen LogP contribution in [0.5, 0.6) is 0 Å². The number of fused-ring (bicyclic) bond motifs is 1. The van der Waals surface area contributed by atoms with E-state index in [9.17, 15) is 4.79 Å². The van der Waals surface area contributed by atoms with E-state index in [1.54, 1.807) is 6.92 Å². The van der Waals surface area contributed by atoms with E-state index >= 15 is 0 Å². The van der Waals surface area contributed by atoms with Crippen molar-refractivity contribution in [1.29, 1.82) is 0 Å². The Bertz CT molecular complexity index is 464. The fourth-order valence-electron chi connectivity index (χ4n) is 4.48. The molecule has 1 heterocycles. The molecule has 0 N–H and O–H groups in total. The molecule has 2 saturated carbocycles. The van der Waals surface area contributed by atoms with Gasteiger partial charge in [-0.2, -0.15) is 0 Å². The second-order valence-electron chi connectivity index (χ2n) is 6.78. The predicted octanol–water partition coefficient (Wildman–Crippen LogP) is 3.55. The standard InChI is InChI=1S/C15H23ClO3Te/c1-4-18-13(17)6-8-20(16)10-15-7-5-11(14(15,2)3)9-12(15)19-20/h6,8,11-12H,4-5,7,9-10H2,1-3H3/b8-6-. The van der Waals surface area contributed by atoms with Crippen molar-refractivity contribution in [2.75, 3.05) is 6.61 Å². The predicted molar refractivity (Wildman–Crippen MR) is 80.6 cm³/mol. The molecule has 114 valence electrons. The van der Waals surface area contributed by atoms with Crippen molar-refractivity contribution in [3.05, 3.63) is 10.2 Å². The van der Waals surface area contributed by atoms with Gasteiger partial charge < -0.3 is 0 Å². The second-order valence-corrected chi connectivity index (χ2v) is 16.1. The van der Waals surface area contributed by atoms with E-state index in [1.807, 2.05) is 4.12 Å². The SMILES string of the molecule is CCOC(=O)/C=C\[Te]1(Cl)CC23CCC(CC2O1)C3(C)C. The molecule has 0 radical (unpaired) electrons. The number of carbonyl (C=O) groups is 1. The minimum absolute atomic E-state index is 0.263. The van der Waals surface area contributed by atoms with Crippen molar-refractivity contribution in [3.8, 4) is 0 Å². The number of carbonyl (C=O) groups excluding carboxylic acids is 1. The van der Waals surface area contributed by atoms with Gasteiger partial charge in [0.25, 0.3) is 0 Å². The summed E-state index contributed by atoms with van der Waals surface area (Å²) in [6, 6.07) is 0. The van der Waals surface area contributed by atoms with Crippen LogP contribution < -0.4 is 0 Å². The Kier molecular flexibility index (Phi) is 3.70. The van der Waals surface area contributed by atoms with E-state index in [0.29, 0.717) is 18.1 Å². The van der Waals surface area contributed by atoms with Gasteiger partial charge in [0.1, 0.15) is 0 Å². The quantitative estimate of drug-likeness (QED) is 0.403. The molecule has 1 saturated heterocycles. The molecule has 0 amide bonds. The number of rotatable bonds is 3. The average Bonchev–Trinajstić information content (AvgIpc) is 2.88. The third kappa shape index (κ3) is 2.07. The van der Waals surface area contributed by atoms with Gasteiger partial charge in [0, 0.05) is 0 Å². The molecule has 3 nitrogen and oxygen atoms in total. The van der Waals surface area contributed by atoms with Crippen LogP contribution in [0, 0.1) is 16.7 Å². The minimum atomic E-state index is -3.03. The number of halogens is 1. The molecular formula is C15H23ClO3Te. The summed E-state index contributed by atoms with van der Waals surface area (Å²) >= 11 is -3.03. The van der Waals surface area contributed by atoms with Crippen LogP contribution in [-0.4, -0.2) is 36.2 Å². The molecular weight excluding hydrogens is 391 g/mol. The van der Waals surface area contributed by atoms with Gasteiger partial charge in [-0.1, -0.05) is 0 Å². The third-order valence-electron chi connectivity index (χ3n) is 5.78. The molecule has 1 spiro atoms. The topological polar surface area (TPSA) is 35.5 Å². The molecule has 0 aromatic carbocycles. The first-order valence-electron chi connectivity index (χ1n) is 7.37. The van der Waals surface area contributed by atoms with Crippen LogP contribution in [0.15, 0.2) is 10.2 Å². The van der Waals surface area contributed by atoms with Gasteiger partial charge >= 0.3 is 129 Å². The van der Waals surface area contributed by atoms with E-state index in [2.05, 4.69) is 13.8 Å².